The highest BCUT2D eigenvalue weighted by Gasteiger charge is 2.25. The van der Waals surface area contributed by atoms with Crippen molar-refractivity contribution in [2.45, 2.75) is 26.2 Å². The van der Waals surface area contributed by atoms with Gasteiger partial charge in [0.05, 0.1) is 5.69 Å². The first-order valence-corrected chi connectivity index (χ1v) is 8.49. The van der Waals surface area contributed by atoms with Gasteiger partial charge >= 0.3 is 0 Å². The summed E-state index contributed by atoms with van der Waals surface area (Å²) in [5, 5.41) is 2.75. The fourth-order valence-corrected chi connectivity index (χ4v) is 3.16. The molecule has 5 heteroatoms. The average molecular weight is 340 g/mol. The van der Waals surface area contributed by atoms with Crippen molar-refractivity contribution in [1.82, 2.24) is 5.32 Å². The molecule has 0 saturated heterocycles. The summed E-state index contributed by atoms with van der Waals surface area (Å²) in [6, 6.07) is 12.2. The van der Waals surface area contributed by atoms with Crippen molar-refractivity contribution in [3.05, 3.63) is 65.0 Å². The molecule has 2 aromatic rings. The minimum atomic E-state index is -0.366. The molecule has 0 fully saturated rings. The molecule has 0 aliphatic carbocycles. The number of fused-ring (bicyclic) bond motifs is 1. The fraction of sp³-hybridized carbons (Fsp3) is 0.300. The molecule has 25 heavy (non-hydrogen) atoms. The molecule has 1 N–H and O–H groups in total. The molecule has 0 aromatic heterocycles. The van der Waals surface area contributed by atoms with E-state index in [4.69, 9.17) is 0 Å². The van der Waals surface area contributed by atoms with Crippen LogP contribution in [-0.4, -0.2) is 24.9 Å². The Morgan fingerprint density at radius 1 is 1.20 bits per heavy atom. The summed E-state index contributed by atoms with van der Waals surface area (Å²) in [4.78, 5) is 26.1. The second kappa shape index (κ2) is 7.47. The van der Waals surface area contributed by atoms with Crippen molar-refractivity contribution < 1.29 is 14.0 Å². The van der Waals surface area contributed by atoms with Crippen molar-refractivity contribution in [2.75, 3.05) is 18.0 Å². The molecule has 2 amide bonds. The van der Waals surface area contributed by atoms with Gasteiger partial charge in [-0.1, -0.05) is 29.8 Å². The van der Waals surface area contributed by atoms with E-state index in [2.05, 4.69) is 5.32 Å². The molecular formula is C20H21FN2O2. The topological polar surface area (TPSA) is 49.4 Å². The number of anilines is 1. The second-order valence-electron chi connectivity index (χ2n) is 6.27. The van der Waals surface area contributed by atoms with Gasteiger partial charge in [0, 0.05) is 25.1 Å². The average Bonchev–Trinajstić information content (AvgIpc) is 2.61. The smallest absolute Gasteiger partial charge is 0.251 e. The summed E-state index contributed by atoms with van der Waals surface area (Å²) in [5.41, 5.74) is 2.83. The highest BCUT2D eigenvalue weighted by atomic mass is 19.1. The second-order valence-corrected chi connectivity index (χ2v) is 6.27. The minimum Gasteiger partial charge on any atom is -0.352 e. The van der Waals surface area contributed by atoms with Crippen LogP contribution in [0.25, 0.3) is 0 Å². The van der Waals surface area contributed by atoms with E-state index in [0.717, 1.165) is 24.0 Å². The van der Waals surface area contributed by atoms with Gasteiger partial charge in [0.2, 0.25) is 5.91 Å². The van der Waals surface area contributed by atoms with Crippen LogP contribution in [0.2, 0.25) is 0 Å². The van der Waals surface area contributed by atoms with Gasteiger partial charge in [0.15, 0.2) is 0 Å². The molecule has 1 aliphatic heterocycles. The van der Waals surface area contributed by atoms with Crippen LogP contribution < -0.4 is 10.2 Å². The van der Waals surface area contributed by atoms with Crippen LogP contribution in [0.1, 0.15) is 34.3 Å². The first-order chi connectivity index (χ1) is 12.1. The summed E-state index contributed by atoms with van der Waals surface area (Å²) >= 11 is 0. The zero-order chi connectivity index (χ0) is 17.8. The van der Waals surface area contributed by atoms with Gasteiger partial charge in [-0.2, -0.15) is 0 Å². The van der Waals surface area contributed by atoms with Crippen molar-refractivity contribution in [2.24, 2.45) is 0 Å². The molecule has 1 aliphatic rings. The van der Waals surface area contributed by atoms with Gasteiger partial charge < -0.3 is 10.2 Å². The number of aryl methyl sites for hydroxylation is 2. The number of carbonyl (C=O) groups is 2. The predicted octanol–water partition coefficient (Wildman–Crippen LogP) is 3.23. The summed E-state index contributed by atoms with van der Waals surface area (Å²) in [7, 11) is 0. The number of amides is 2. The van der Waals surface area contributed by atoms with E-state index in [9.17, 15) is 14.0 Å². The van der Waals surface area contributed by atoms with Crippen LogP contribution >= 0.6 is 0 Å². The number of carbonyl (C=O) groups excluding carboxylic acids is 2. The zero-order valence-electron chi connectivity index (χ0n) is 14.2. The van der Waals surface area contributed by atoms with Gasteiger partial charge in [-0.15, -0.1) is 0 Å². The molecular weight excluding hydrogens is 319 g/mol. The van der Waals surface area contributed by atoms with Crippen LogP contribution in [0.4, 0.5) is 10.1 Å². The SMILES string of the molecule is Cc1cccc(C(=O)NCCC(=O)N2CCCc3cccc(F)c32)c1. The quantitative estimate of drug-likeness (QED) is 0.929. The lowest BCUT2D eigenvalue weighted by Gasteiger charge is -2.30. The molecule has 0 bridgehead atoms. The van der Waals surface area contributed by atoms with E-state index >= 15 is 0 Å². The molecule has 0 spiro atoms. The van der Waals surface area contributed by atoms with E-state index in [0.29, 0.717) is 17.8 Å². The first-order valence-electron chi connectivity index (χ1n) is 8.49. The van der Waals surface area contributed by atoms with Crippen molar-refractivity contribution in [3.63, 3.8) is 0 Å². The summed E-state index contributed by atoms with van der Waals surface area (Å²) in [6.45, 7) is 2.66. The Bertz CT molecular complexity index is 804. The summed E-state index contributed by atoms with van der Waals surface area (Å²) in [6.07, 6.45) is 1.74. The lowest BCUT2D eigenvalue weighted by Crippen LogP contribution is -2.38. The van der Waals surface area contributed by atoms with Gasteiger partial charge in [-0.25, -0.2) is 4.39 Å². The molecule has 0 saturated carbocycles. The Morgan fingerprint density at radius 3 is 2.80 bits per heavy atom. The van der Waals surface area contributed by atoms with Gasteiger partial charge in [0.1, 0.15) is 5.82 Å². The van der Waals surface area contributed by atoms with Crippen molar-refractivity contribution >= 4 is 17.5 Å². The first kappa shape index (κ1) is 17.1. The Morgan fingerprint density at radius 2 is 2.00 bits per heavy atom. The normalized spacial score (nSPS) is 13.3. The number of halogens is 1. The third-order valence-electron chi connectivity index (χ3n) is 4.37. The molecule has 0 radical (unpaired) electrons. The number of nitrogens with zero attached hydrogens (tertiary/aromatic N) is 1. The number of para-hydroxylation sites is 1. The monoisotopic (exact) mass is 340 g/mol. The number of hydrogen-bond acceptors (Lipinski definition) is 2. The van der Waals surface area contributed by atoms with Crippen molar-refractivity contribution in [3.8, 4) is 0 Å². The van der Waals surface area contributed by atoms with E-state index in [1.165, 1.54) is 11.0 Å². The summed E-state index contributed by atoms with van der Waals surface area (Å²) < 4.78 is 14.1. The molecule has 0 atom stereocenters. The summed E-state index contributed by atoms with van der Waals surface area (Å²) in [5.74, 6) is -0.744. The lowest BCUT2D eigenvalue weighted by atomic mass is 10.0. The van der Waals surface area contributed by atoms with Crippen molar-refractivity contribution in [1.29, 1.82) is 0 Å². The van der Waals surface area contributed by atoms with Crippen LogP contribution in [0.5, 0.6) is 0 Å². The van der Waals surface area contributed by atoms with Crippen LogP contribution in [0.3, 0.4) is 0 Å². The molecule has 130 valence electrons. The molecule has 2 aromatic carbocycles. The van der Waals surface area contributed by atoms with Crippen LogP contribution in [-0.2, 0) is 11.2 Å². The number of rotatable bonds is 4. The minimum absolute atomic E-state index is 0.144. The maximum absolute atomic E-state index is 14.1. The number of hydrogen-bond donors (Lipinski definition) is 1. The standard InChI is InChI=1S/C20H21FN2O2/c1-14-5-2-7-16(13-14)20(25)22-11-10-18(24)23-12-4-8-15-6-3-9-17(21)19(15)23/h2-3,5-7,9,13H,4,8,10-12H2,1H3,(H,22,25). The maximum Gasteiger partial charge on any atom is 0.251 e. The molecule has 3 rings (SSSR count). The van der Waals surface area contributed by atoms with Gasteiger partial charge in [-0.05, 0) is 43.5 Å². The Labute approximate surface area is 146 Å². The number of nitrogens with one attached hydrogen (secondary N) is 1. The lowest BCUT2D eigenvalue weighted by molar-refractivity contribution is -0.118. The highest BCUT2D eigenvalue weighted by molar-refractivity contribution is 5.96. The fourth-order valence-electron chi connectivity index (χ4n) is 3.16. The zero-order valence-corrected chi connectivity index (χ0v) is 14.2. The molecule has 1 heterocycles. The molecule has 4 nitrogen and oxygen atoms in total. The maximum atomic E-state index is 14.1. The Kier molecular flexibility index (Phi) is 5.12. The number of benzene rings is 2. The molecule has 0 unspecified atom stereocenters. The Balaban J connectivity index is 1.60. The van der Waals surface area contributed by atoms with Crippen LogP contribution in [0, 0.1) is 12.7 Å². The highest BCUT2D eigenvalue weighted by Crippen LogP contribution is 2.30. The van der Waals surface area contributed by atoms with E-state index < -0.39 is 0 Å². The third kappa shape index (κ3) is 3.87. The largest absolute Gasteiger partial charge is 0.352 e. The van der Waals surface area contributed by atoms with E-state index in [1.807, 2.05) is 25.1 Å². The Hall–Kier alpha value is -2.69. The van der Waals surface area contributed by atoms with Crippen LogP contribution in [0.15, 0.2) is 42.5 Å². The predicted molar refractivity (Wildman–Crippen MR) is 95.2 cm³/mol. The van der Waals surface area contributed by atoms with E-state index in [-0.39, 0.29) is 30.6 Å². The van der Waals surface area contributed by atoms with Gasteiger partial charge in [0.25, 0.3) is 5.91 Å². The third-order valence-corrected chi connectivity index (χ3v) is 4.37. The van der Waals surface area contributed by atoms with E-state index in [1.54, 1.807) is 18.2 Å². The van der Waals surface area contributed by atoms with Gasteiger partial charge in [-0.3, -0.25) is 9.59 Å².